The zero-order valence-electron chi connectivity index (χ0n) is 20.5. The highest BCUT2D eigenvalue weighted by Crippen LogP contribution is 2.29. The van der Waals surface area contributed by atoms with Crippen LogP contribution in [0.1, 0.15) is 31.4 Å². The average Bonchev–Trinajstić information content (AvgIpc) is 2.87. The number of hydrogen-bond donors (Lipinski definition) is 1. The fourth-order valence-electron chi connectivity index (χ4n) is 3.64. The number of ether oxygens (including phenoxy) is 1. The Balaban J connectivity index is 1.95. The molecule has 9 heteroatoms. The molecule has 3 aromatic carbocycles. The van der Waals surface area contributed by atoms with Gasteiger partial charge in [-0.05, 0) is 70.7 Å². The minimum absolute atomic E-state index is 0.0527. The molecule has 37 heavy (non-hydrogen) atoms. The molecule has 196 valence electrons. The second-order valence-electron chi connectivity index (χ2n) is 8.64. The molecule has 0 saturated carbocycles. The van der Waals surface area contributed by atoms with E-state index in [1.54, 1.807) is 36.4 Å². The Labute approximate surface area is 241 Å². The predicted molar refractivity (Wildman–Crippen MR) is 153 cm³/mol. The highest BCUT2D eigenvalue weighted by Gasteiger charge is 2.31. The van der Waals surface area contributed by atoms with E-state index in [4.69, 9.17) is 39.5 Å². The average molecular weight is 627 g/mol. The van der Waals surface area contributed by atoms with Crippen molar-refractivity contribution in [2.45, 2.75) is 45.3 Å². The van der Waals surface area contributed by atoms with Crippen molar-refractivity contribution in [1.82, 2.24) is 10.2 Å². The van der Waals surface area contributed by atoms with Crippen molar-refractivity contribution in [2.24, 2.45) is 0 Å². The number of halogens is 4. The molecule has 0 fully saturated rings. The number of benzene rings is 3. The van der Waals surface area contributed by atoms with Crippen LogP contribution in [0.5, 0.6) is 5.75 Å². The Kier molecular flexibility index (Phi) is 11.1. The van der Waals surface area contributed by atoms with Gasteiger partial charge < -0.3 is 15.0 Å². The topological polar surface area (TPSA) is 58.6 Å². The molecule has 0 radical (unpaired) electrons. The van der Waals surface area contributed by atoms with Gasteiger partial charge in [-0.25, -0.2) is 0 Å². The summed E-state index contributed by atoms with van der Waals surface area (Å²) in [6.45, 7) is 3.74. The van der Waals surface area contributed by atoms with Crippen LogP contribution in [-0.2, 0) is 22.6 Å². The van der Waals surface area contributed by atoms with Crippen LogP contribution in [0.4, 0.5) is 0 Å². The highest BCUT2D eigenvalue weighted by molar-refractivity contribution is 9.10. The standard InChI is InChI=1S/C28H28BrCl3N2O3/c1-3-18(2)33-28(36)25(13-19-7-5-4-6-8-19)34(16-20-9-10-22(31)15-24(20)32)27(35)17-37-26-12-11-21(30)14-23(26)29/h4-12,14-15,18,25H,3,13,16-17H2,1-2H3,(H,33,36)/t18-,25-/m0/s1. The molecule has 0 spiro atoms. The van der Waals surface area contributed by atoms with Crippen molar-refractivity contribution < 1.29 is 14.3 Å². The zero-order chi connectivity index (χ0) is 26.9. The van der Waals surface area contributed by atoms with E-state index in [0.717, 1.165) is 12.0 Å². The summed E-state index contributed by atoms with van der Waals surface area (Å²) in [5.41, 5.74) is 1.59. The van der Waals surface area contributed by atoms with E-state index in [1.807, 2.05) is 44.2 Å². The molecular weight excluding hydrogens is 599 g/mol. The predicted octanol–water partition coefficient (Wildman–Crippen LogP) is 7.34. The van der Waals surface area contributed by atoms with Crippen molar-refractivity contribution >= 4 is 62.5 Å². The SMILES string of the molecule is CC[C@H](C)NC(=O)[C@H](Cc1ccccc1)N(Cc1ccc(Cl)cc1Cl)C(=O)COc1ccc(Cl)cc1Br. The van der Waals surface area contributed by atoms with Gasteiger partial charge >= 0.3 is 0 Å². The lowest BCUT2D eigenvalue weighted by Crippen LogP contribution is -2.53. The molecule has 0 aliphatic heterocycles. The van der Waals surface area contributed by atoms with Gasteiger partial charge in [0.2, 0.25) is 5.91 Å². The summed E-state index contributed by atoms with van der Waals surface area (Å²) in [5.74, 6) is -0.150. The van der Waals surface area contributed by atoms with Gasteiger partial charge in [0.15, 0.2) is 6.61 Å². The van der Waals surface area contributed by atoms with Gasteiger partial charge in [0.1, 0.15) is 11.8 Å². The summed E-state index contributed by atoms with van der Waals surface area (Å²) in [5, 5.41) is 4.46. The van der Waals surface area contributed by atoms with E-state index < -0.39 is 6.04 Å². The molecule has 3 aromatic rings. The largest absolute Gasteiger partial charge is 0.483 e. The fraction of sp³-hybridized carbons (Fsp3) is 0.286. The Bertz CT molecular complexity index is 1230. The summed E-state index contributed by atoms with van der Waals surface area (Å²) in [7, 11) is 0. The van der Waals surface area contributed by atoms with E-state index in [1.165, 1.54) is 4.90 Å². The van der Waals surface area contributed by atoms with Gasteiger partial charge in [0.05, 0.1) is 4.47 Å². The molecule has 2 atom stereocenters. The lowest BCUT2D eigenvalue weighted by Gasteiger charge is -2.32. The minimum Gasteiger partial charge on any atom is -0.483 e. The van der Waals surface area contributed by atoms with Crippen molar-refractivity contribution in [3.63, 3.8) is 0 Å². The van der Waals surface area contributed by atoms with Crippen LogP contribution in [0.3, 0.4) is 0 Å². The Hall–Kier alpha value is -2.25. The van der Waals surface area contributed by atoms with Crippen LogP contribution in [-0.4, -0.2) is 35.4 Å². The molecule has 0 heterocycles. The first-order valence-electron chi connectivity index (χ1n) is 11.8. The molecule has 0 saturated heterocycles. The summed E-state index contributed by atoms with van der Waals surface area (Å²) in [6, 6.07) is 18.9. The van der Waals surface area contributed by atoms with Crippen LogP contribution in [0.2, 0.25) is 15.1 Å². The summed E-state index contributed by atoms with van der Waals surface area (Å²) in [6.07, 6.45) is 1.08. The van der Waals surface area contributed by atoms with Gasteiger partial charge in [-0.15, -0.1) is 0 Å². The fourth-order valence-corrected chi connectivity index (χ4v) is 4.91. The monoisotopic (exact) mass is 624 g/mol. The highest BCUT2D eigenvalue weighted by atomic mass is 79.9. The molecule has 0 aromatic heterocycles. The lowest BCUT2D eigenvalue weighted by atomic mass is 10.0. The van der Waals surface area contributed by atoms with E-state index in [-0.39, 0.29) is 31.0 Å². The first-order chi connectivity index (χ1) is 17.7. The smallest absolute Gasteiger partial charge is 0.261 e. The number of nitrogens with zero attached hydrogens (tertiary/aromatic N) is 1. The molecule has 5 nitrogen and oxygen atoms in total. The maximum Gasteiger partial charge on any atom is 0.261 e. The second-order valence-corrected chi connectivity index (χ2v) is 10.8. The van der Waals surface area contributed by atoms with E-state index in [2.05, 4.69) is 21.2 Å². The maximum atomic E-state index is 13.7. The number of carbonyl (C=O) groups is 2. The van der Waals surface area contributed by atoms with Gasteiger partial charge in [-0.3, -0.25) is 9.59 Å². The first kappa shape index (κ1) is 29.3. The van der Waals surface area contributed by atoms with Crippen LogP contribution < -0.4 is 10.1 Å². The van der Waals surface area contributed by atoms with Crippen molar-refractivity contribution in [2.75, 3.05) is 6.61 Å². The van der Waals surface area contributed by atoms with E-state index in [9.17, 15) is 9.59 Å². The molecular formula is C28H28BrCl3N2O3. The van der Waals surface area contributed by atoms with Crippen molar-refractivity contribution in [3.05, 3.63) is 97.4 Å². The summed E-state index contributed by atoms with van der Waals surface area (Å²) >= 11 is 22.0. The molecule has 0 aliphatic rings. The number of hydrogen-bond acceptors (Lipinski definition) is 3. The zero-order valence-corrected chi connectivity index (χ0v) is 24.4. The van der Waals surface area contributed by atoms with Crippen molar-refractivity contribution in [3.8, 4) is 5.75 Å². The van der Waals surface area contributed by atoms with Gasteiger partial charge in [-0.1, -0.05) is 78.1 Å². The molecule has 0 aliphatic carbocycles. The number of nitrogens with one attached hydrogen (secondary N) is 1. The van der Waals surface area contributed by atoms with Crippen molar-refractivity contribution in [1.29, 1.82) is 0 Å². The molecule has 3 rings (SSSR count). The Morgan fingerprint density at radius 2 is 1.68 bits per heavy atom. The quantitative estimate of drug-likeness (QED) is 0.242. The molecule has 0 bridgehead atoms. The third-order valence-electron chi connectivity index (χ3n) is 5.87. The second kappa shape index (κ2) is 14.1. The number of carbonyl (C=O) groups excluding carboxylic acids is 2. The summed E-state index contributed by atoms with van der Waals surface area (Å²) < 4.78 is 6.44. The maximum absolute atomic E-state index is 13.7. The number of amides is 2. The van der Waals surface area contributed by atoms with Crippen LogP contribution in [0.25, 0.3) is 0 Å². The molecule has 0 unspecified atom stereocenters. The normalized spacial score (nSPS) is 12.5. The van der Waals surface area contributed by atoms with Gasteiger partial charge in [0, 0.05) is 34.1 Å². The van der Waals surface area contributed by atoms with Crippen LogP contribution in [0.15, 0.2) is 71.2 Å². The first-order valence-corrected chi connectivity index (χ1v) is 13.8. The summed E-state index contributed by atoms with van der Waals surface area (Å²) in [4.78, 5) is 28.7. The third kappa shape index (κ3) is 8.64. The van der Waals surface area contributed by atoms with Crippen LogP contribution >= 0.6 is 50.7 Å². The van der Waals surface area contributed by atoms with Crippen LogP contribution in [0, 0.1) is 0 Å². The Morgan fingerprint density at radius 1 is 1.00 bits per heavy atom. The van der Waals surface area contributed by atoms with Gasteiger partial charge in [0.25, 0.3) is 5.91 Å². The van der Waals surface area contributed by atoms with E-state index in [0.29, 0.717) is 37.3 Å². The molecule has 2 amide bonds. The van der Waals surface area contributed by atoms with Gasteiger partial charge in [-0.2, -0.15) is 0 Å². The lowest BCUT2D eigenvalue weighted by molar-refractivity contribution is -0.143. The molecule has 1 N–H and O–H groups in total. The minimum atomic E-state index is -0.798. The third-order valence-corrected chi connectivity index (χ3v) is 7.31. The number of rotatable bonds is 11. The van der Waals surface area contributed by atoms with E-state index >= 15 is 0 Å². The Morgan fingerprint density at radius 3 is 2.32 bits per heavy atom.